The van der Waals surface area contributed by atoms with Crippen LogP contribution in [-0.4, -0.2) is 15.0 Å². The third-order valence-corrected chi connectivity index (χ3v) is 2.84. The van der Waals surface area contributed by atoms with Gasteiger partial charge in [0, 0.05) is 18.3 Å². The number of pyridine rings is 1. The van der Waals surface area contributed by atoms with Gasteiger partial charge in [-0.05, 0) is 37.1 Å². The Morgan fingerprint density at radius 3 is 2.65 bits per heavy atom. The average molecular weight is 274 g/mol. The fraction of sp³-hybridized carbons (Fsp3) is 0.214. The summed E-state index contributed by atoms with van der Waals surface area (Å²) in [5.74, 6) is 0.703. The summed E-state index contributed by atoms with van der Waals surface area (Å²) in [6, 6.07) is 7.71. The highest BCUT2D eigenvalue weighted by Gasteiger charge is 2.11. The number of aromatic nitrogens is 1. The van der Waals surface area contributed by atoms with Crippen LogP contribution < -0.4 is 4.74 Å². The Labute approximate surface area is 115 Å². The largest absolute Gasteiger partial charge is 0.439 e. The van der Waals surface area contributed by atoms with E-state index in [0.717, 1.165) is 5.56 Å². The summed E-state index contributed by atoms with van der Waals surface area (Å²) in [6.07, 6.45) is 0.906. The maximum absolute atomic E-state index is 10.7. The minimum Gasteiger partial charge on any atom is -0.439 e. The molecule has 1 atom stereocenters. The number of hydrogen-bond donors (Lipinski definition) is 1. The Morgan fingerprint density at radius 1 is 1.35 bits per heavy atom. The zero-order valence-corrected chi connectivity index (χ0v) is 11.1. The van der Waals surface area contributed by atoms with E-state index in [1.807, 2.05) is 0 Å². The van der Waals surface area contributed by atoms with Crippen molar-refractivity contribution >= 4 is 5.69 Å². The van der Waals surface area contributed by atoms with Crippen molar-refractivity contribution in [3.63, 3.8) is 0 Å². The number of aryl methyl sites for hydroxylation is 1. The van der Waals surface area contributed by atoms with Crippen molar-refractivity contribution in [3.8, 4) is 11.6 Å². The smallest absolute Gasteiger partial charge is 0.273 e. The molecular weight excluding hydrogens is 260 g/mol. The lowest BCUT2D eigenvalue weighted by Crippen LogP contribution is -1.95. The van der Waals surface area contributed by atoms with Gasteiger partial charge in [-0.3, -0.25) is 10.1 Å². The van der Waals surface area contributed by atoms with Gasteiger partial charge in [-0.1, -0.05) is 0 Å². The SMILES string of the molecule is Cc1ccc([N+](=O)[O-])cc1Oc1ccc([C@H](C)O)cn1. The number of nitro benzene ring substituents is 1. The number of ether oxygens (including phenoxy) is 1. The minimum absolute atomic E-state index is 0.0359. The zero-order chi connectivity index (χ0) is 14.7. The molecule has 0 aliphatic carbocycles. The van der Waals surface area contributed by atoms with E-state index in [9.17, 15) is 15.2 Å². The van der Waals surface area contributed by atoms with Gasteiger partial charge in [-0.2, -0.15) is 0 Å². The number of nitrogens with zero attached hydrogens (tertiary/aromatic N) is 2. The molecule has 0 saturated heterocycles. The summed E-state index contributed by atoms with van der Waals surface area (Å²) >= 11 is 0. The Morgan fingerprint density at radius 2 is 2.10 bits per heavy atom. The van der Waals surface area contributed by atoms with E-state index < -0.39 is 11.0 Å². The van der Waals surface area contributed by atoms with E-state index >= 15 is 0 Å². The standard InChI is InChI=1S/C14H14N2O4/c1-9-3-5-12(16(18)19)7-13(9)20-14-6-4-11(8-15-14)10(2)17/h3-8,10,17H,1-2H3/t10-/m0/s1. The molecule has 20 heavy (non-hydrogen) atoms. The van der Waals surface area contributed by atoms with E-state index in [-0.39, 0.29) is 5.69 Å². The molecule has 6 heteroatoms. The average Bonchev–Trinajstić information content (AvgIpc) is 2.41. The summed E-state index contributed by atoms with van der Waals surface area (Å²) in [4.78, 5) is 14.3. The molecule has 2 aromatic rings. The molecule has 0 unspecified atom stereocenters. The third kappa shape index (κ3) is 3.10. The highest BCUT2D eigenvalue weighted by molar-refractivity contribution is 5.45. The predicted molar refractivity (Wildman–Crippen MR) is 72.8 cm³/mol. The molecule has 0 aliphatic heterocycles. The van der Waals surface area contributed by atoms with Crippen molar-refractivity contribution in [2.45, 2.75) is 20.0 Å². The van der Waals surface area contributed by atoms with Crippen molar-refractivity contribution in [2.24, 2.45) is 0 Å². The molecule has 0 bridgehead atoms. The Hall–Kier alpha value is -2.47. The third-order valence-electron chi connectivity index (χ3n) is 2.84. The van der Waals surface area contributed by atoms with Crippen LogP contribution in [0.1, 0.15) is 24.2 Å². The molecular formula is C14H14N2O4. The van der Waals surface area contributed by atoms with Crippen LogP contribution in [-0.2, 0) is 0 Å². The van der Waals surface area contributed by atoms with Crippen molar-refractivity contribution in [3.05, 3.63) is 57.8 Å². The minimum atomic E-state index is -0.601. The van der Waals surface area contributed by atoms with Gasteiger partial charge in [0.2, 0.25) is 5.88 Å². The van der Waals surface area contributed by atoms with Crippen molar-refractivity contribution in [2.75, 3.05) is 0 Å². The van der Waals surface area contributed by atoms with Gasteiger partial charge in [-0.15, -0.1) is 0 Å². The van der Waals surface area contributed by atoms with E-state index in [1.54, 1.807) is 32.0 Å². The molecule has 6 nitrogen and oxygen atoms in total. The van der Waals surface area contributed by atoms with E-state index in [0.29, 0.717) is 17.2 Å². The number of aliphatic hydroxyl groups excluding tert-OH is 1. The van der Waals surface area contributed by atoms with E-state index in [2.05, 4.69) is 4.98 Å². The lowest BCUT2D eigenvalue weighted by molar-refractivity contribution is -0.384. The molecule has 0 fully saturated rings. The second-order valence-electron chi connectivity index (χ2n) is 4.41. The number of non-ortho nitro benzene ring substituents is 1. The first-order chi connectivity index (χ1) is 9.47. The fourth-order valence-electron chi connectivity index (χ4n) is 1.62. The second kappa shape index (κ2) is 5.66. The number of hydrogen-bond acceptors (Lipinski definition) is 5. The summed E-state index contributed by atoms with van der Waals surface area (Å²) < 4.78 is 5.54. The molecule has 0 amide bonds. The quantitative estimate of drug-likeness (QED) is 0.683. The molecule has 1 N–H and O–H groups in total. The molecule has 1 aromatic carbocycles. The lowest BCUT2D eigenvalue weighted by Gasteiger charge is -2.09. The number of benzene rings is 1. The normalized spacial score (nSPS) is 11.9. The Balaban J connectivity index is 2.25. The van der Waals surface area contributed by atoms with Crippen LogP contribution in [0.3, 0.4) is 0 Å². The van der Waals surface area contributed by atoms with Crippen LogP contribution in [0.5, 0.6) is 11.6 Å². The number of rotatable bonds is 4. The van der Waals surface area contributed by atoms with Crippen LogP contribution >= 0.6 is 0 Å². The van der Waals surface area contributed by atoms with Crippen molar-refractivity contribution < 1.29 is 14.8 Å². The molecule has 0 aliphatic rings. The van der Waals surface area contributed by atoms with Gasteiger partial charge in [0.15, 0.2) is 0 Å². The predicted octanol–water partition coefficient (Wildman–Crippen LogP) is 3.14. The van der Waals surface area contributed by atoms with Gasteiger partial charge >= 0.3 is 0 Å². The van der Waals surface area contributed by atoms with Crippen molar-refractivity contribution in [1.29, 1.82) is 0 Å². The van der Waals surface area contributed by atoms with E-state index in [1.165, 1.54) is 18.3 Å². The zero-order valence-electron chi connectivity index (χ0n) is 11.1. The van der Waals surface area contributed by atoms with Crippen LogP contribution in [0.25, 0.3) is 0 Å². The fourth-order valence-corrected chi connectivity index (χ4v) is 1.62. The Bertz CT molecular complexity index is 624. The summed E-state index contributed by atoms with van der Waals surface area (Å²) in [6.45, 7) is 3.44. The maximum atomic E-state index is 10.7. The first-order valence-corrected chi connectivity index (χ1v) is 6.04. The van der Waals surface area contributed by atoms with Crippen LogP contribution in [0, 0.1) is 17.0 Å². The molecule has 1 heterocycles. The topological polar surface area (TPSA) is 85.5 Å². The maximum Gasteiger partial charge on any atom is 0.273 e. The first-order valence-electron chi connectivity index (χ1n) is 6.04. The van der Waals surface area contributed by atoms with Gasteiger partial charge in [0.25, 0.3) is 5.69 Å². The molecule has 0 spiro atoms. The van der Waals surface area contributed by atoms with Gasteiger partial charge in [-0.25, -0.2) is 4.98 Å². The highest BCUT2D eigenvalue weighted by atomic mass is 16.6. The van der Waals surface area contributed by atoms with Gasteiger partial charge < -0.3 is 9.84 Å². The van der Waals surface area contributed by atoms with Gasteiger partial charge in [0.1, 0.15) is 5.75 Å². The summed E-state index contributed by atoms with van der Waals surface area (Å²) in [7, 11) is 0. The summed E-state index contributed by atoms with van der Waals surface area (Å²) in [5.41, 5.74) is 1.41. The molecule has 1 aromatic heterocycles. The molecule has 0 saturated carbocycles. The molecule has 0 radical (unpaired) electrons. The summed E-state index contributed by atoms with van der Waals surface area (Å²) in [5, 5.41) is 20.1. The molecule has 104 valence electrons. The van der Waals surface area contributed by atoms with Crippen LogP contribution in [0.15, 0.2) is 36.5 Å². The number of nitro groups is 1. The lowest BCUT2D eigenvalue weighted by atomic mass is 10.2. The Kier molecular flexibility index (Phi) is 3.95. The van der Waals surface area contributed by atoms with Crippen LogP contribution in [0.2, 0.25) is 0 Å². The second-order valence-corrected chi connectivity index (χ2v) is 4.41. The monoisotopic (exact) mass is 274 g/mol. The number of aliphatic hydroxyl groups is 1. The van der Waals surface area contributed by atoms with Crippen LogP contribution in [0.4, 0.5) is 5.69 Å². The molecule has 2 rings (SSSR count). The van der Waals surface area contributed by atoms with E-state index in [4.69, 9.17) is 4.74 Å². The van der Waals surface area contributed by atoms with Gasteiger partial charge in [0.05, 0.1) is 17.1 Å². The first kappa shape index (κ1) is 14.0. The highest BCUT2D eigenvalue weighted by Crippen LogP contribution is 2.28. The van der Waals surface area contributed by atoms with Crippen molar-refractivity contribution in [1.82, 2.24) is 4.98 Å².